The van der Waals surface area contributed by atoms with Crippen molar-refractivity contribution in [1.82, 2.24) is 15.0 Å². The molecule has 3 aromatic heterocycles. The van der Waals surface area contributed by atoms with Crippen LogP contribution in [0.5, 0.6) is 0 Å². The highest BCUT2D eigenvalue weighted by Crippen LogP contribution is 2.25. The third-order valence-corrected chi connectivity index (χ3v) is 5.33. The SMILES string of the molecule is CCc1nc(NCCc2nc(C)c(C)s2)c2ccsc2n1. The molecule has 0 amide bonds. The molecule has 0 unspecified atom stereocenters. The van der Waals surface area contributed by atoms with Crippen molar-refractivity contribution >= 4 is 38.7 Å². The third kappa shape index (κ3) is 3.06. The Labute approximate surface area is 132 Å². The van der Waals surface area contributed by atoms with Crippen molar-refractivity contribution in [2.45, 2.75) is 33.6 Å². The predicted octanol–water partition coefficient (Wildman–Crippen LogP) is 3.98. The van der Waals surface area contributed by atoms with Crippen LogP contribution in [0.1, 0.15) is 28.3 Å². The maximum absolute atomic E-state index is 4.61. The van der Waals surface area contributed by atoms with Gasteiger partial charge in [-0.05, 0) is 25.3 Å². The fourth-order valence-electron chi connectivity index (χ4n) is 2.13. The number of nitrogens with zero attached hydrogens (tertiary/aromatic N) is 3. The Morgan fingerprint density at radius 3 is 2.76 bits per heavy atom. The molecule has 0 aliphatic rings. The largest absolute Gasteiger partial charge is 0.369 e. The average molecular weight is 318 g/mol. The normalized spacial score (nSPS) is 11.2. The summed E-state index contributed by atoms with van der Waals surface area (Å²) in [6.45, 7) is 7.11. The van der Waals surface area contributed by atoms with E-state index in [-0.39, 0.29) is 0 Å². The minimum Gasteiger partial charge on any atom is -0.369 e. The molecule has 110 valence electrons. The van der Waals surface area contributed by atoms with E-state index in [4.69, 9.17) is 0 Å². The van der Waals surface area contributed by atoms with Gasteiger partial charge in [-0.3, -0.25) is 0 Å². The number of aryl methyl sites for hydroxylation is 3. The molecule has 0 aliphatic heterocycles. The van der Waals surface area contributed by atoms with E-state index in [2.05, 4.69) is 52.5 Å². The highest BCUT2D eigenvalue weighted by atomic mass is 32.1. The lowest BCUT2D eigenvalue weighted by molar-refractivity contribution is 0.940. The maximum Gasteiger partial charge on any atom is 0.138 e. The minimum atomic E-state index is 0.845. The van der Waals surface area contributed by atoms with Crippen LogP contribution in [0.4, 0.5) is 5.82 Å². The lowest BCUT2D eigenvalue weighted by Crippen LogP contribution is -2.08. The second-order valence-electron chi connectivity index (χ2n) is 4.91. The molecule has 0 spiro atoms. The molecule has 3 rings (SSSR count). The van der Waals surface area contributed by atoms with Crippen LogP contribution in [0.25, 0.3) is 10.2 Å². The molecule has 0 radical (unpaired) electrons. The van der Waals surface area contributed by atoms with E-state index in [1.807, 2.05) is 0 Å². The van der Waals surface area contributed by atoms with Crippen molar-refractivity contribution in [1.29, 1.82) is 0 Å². The van der Waals surface area contributed by atoms with E-state index in [0.717, 1.165) is 46.9 Å². The summed E-state index contributed by atoms with van der Waals surface area (Å²) in [5.41, 5.74) is 1.14. The summed E-state index contributed by atoms with van der Waals surface area (Å²) >= 11 is 3.45. The van der Waals surface area contributed by atoms with Crippen molar-refractivity contribution in [3.63, 3.8) is 0 Å². The van der Waals surface area contributed by atoms with E-state index in [9.17, 15) is 0 Å². The smallest absolute Gasteiger partial charge is 0.138 e. The van der Waals surface area contributed by atoms with Gasteiger partial charge in [-0.2, -0.15) is 0 Å². The summed E-state index contributed by atoms with van der Waals surface area (Å²) in [6.07, 6.45) is 1.78. The summed E-state index contributed by atoms with van der Waals surface area (Å²) < 4.78 is 0. The zero-order valence-electron chi connectivity index (χ0n) is 12.4. The van der Waals surface area contributed by atoms with Gasteiger partial charge < -0.3 is 5.32 Å². The Kier molecular flexibility index (Phi) is 4.17. The molecule has 3 aromatic rings. The molecule has 4 nitrogen and oxygen atoms in total. The van der Waals surface area contributed by atoms with Crippen LogP contribution in [0.2, 0.25) is 0 Å². The van der Waals surface area contributed by atoms with Gasteiger partial charge in [-0.15, -0.1) is 22.7 Å². The molecule has 3 heterocycles. The van der Waals surface area contributed by atoms with Crippen molar-refractivity contribution in [3.8, 4) is 0 Å². The topological polar surface area (TPSA) is 50.7 Å². The number of anilines is 1. The first-order valence-corrected chi connectivity index (χ1v) is 8.78. The number of thiophene rings is 1. The minimum absolute atomic E-state index is 0.845. The number of hydrogen-bond acceptors (Lipinski definition) is 6. The first-order chi connectivity index (χ1) is 10.2. The second kappa shape index (κ2) is 6.07. The first kappa shape index (κ1) is 14.4. The van der Waals surface area contributed by atoms with Crippen molar-refractivity contribution < 1.29 is 0 Å². The molecule has 0 saturated heterocycles. The lowest BCUT2D eigenvalue weighted by Gasteiger charge is -2.07. The Morgan fingerprint density at radius 2 is 2.05 bits per heavy atom. The van der Waals surface area contributed by atoms with Gasteiger partial charge in [0.25, 0.3) is 0 Å². The quantitative estimate of drug-likeness (QED) is 0.773. The molecule has 0 aromatic carbocycles. The summed E-state index contributed by atoms with van der Waals surface area (Å²) in [5, 5.41) is 7.81. The number of hydrogen-bond donors (Lipinski definition) is 1. The van der Waals surface area contributed by atoms with Gasteiger partial charge in [-0.1, -0.05) is 6.92 Å². The van der Waals surface area contributed by atoms with Crippen LogP contribution >= 0.6 is 22.7 Å². The Hall–Kier alpha value is -1.53. The van der Waals surface area contributed by atoms with Crippen LogP contribution in [0, 0.1) is 13.8 Å². The standard InChI is InChI=1S/C15H18N4S2/c1-4-12-18-14(11-6-8-20-15(11)19-12)16-7-5-13-17-9(2)10(3)21-13/h6,8H,4-5,7H2,1-3H3,(H,16,18,19). The molecule has 0 bridgehead atoms. The van der Waals surface area contributed by atoms with E-state index < -0.39 is 0 Å². The third-order valence-electron chi connectivity index (χ3n) is 3.39. The summed E-state index contributed by atoms with van der Waals surface area (Å²) in [5.74, 6) is 1.84. The summed E-state index contributed by atoms with van der Waals surface area (Å²) in [7, 11) is 0. The fraction of sp³-hybridized carbons (Fsp3) is 0.400. The zero-order chi connectivity index (χ0) is 14.8. The first-order valence-electron chi connectivity index (χ1n) is 7.08. The maximum atomic E-state index is 4.61. The van der Waals surface area contributed by atoms with Gasteiger partial charge in [0.2, 0.25) is 0 Å². The molecule has 0 aliphatic carbocycles. The Bertz CT molecular complexity index is 741. The van der Waals surface area contributed by atoms with Crippen LogP contribution in [0.3, 0.4) is 0 Å². The van der Waals surface area contributed by atoms with Crippen LogP contribution < -0.4 is 5.32 Å². The van der Waals surface area contributed by atoms with Gasteiger partial charge in [0.15, 0.2) is 0 Å². The highest BCUT2D eigenvalue weighted by Gasteiger charge is 2.08. The van der Waals surface area contributed by atoms with E-state index in [1.54, 1.807) is 22.7 Å². The Morgan fingerprint density at radius 1 is 1.19 bits per heavy atom. The van der Waals surface area contributed by atoms with Crippen LogP contribution in [-0.2, 0) is 12.8 Å². The van der Waals surface area contributed by atoms with E-state index in [1.165, 1.54) is 9.88 Å². The number of aromatic nitrogens is 3. The Balaban J connectivity index is 1.74. The average Bonchev–Trinajstić information content (AvgIpc) is 3.06. The molecular formula is C15H18N4S2. The highest BCUT2D eigenvalue weighted by molar-refractivity contribution is 7.16. The van der Waals surface area contributed by atoms with Gasteiger partial charge in [0.05, 0.1) is 16.1 Å². The fourth-order valence-corrected chi connectivity index (χ4v) is 3.84. The van der Waals surface area contributed by atoms with E-state index in [0.29, 0.717) is 0 Å². The van der Waals surface area contributed by atoms with E-state index >= 15 is 0 Å². The predicted molar refractivity (Wildman–Crippen MR) is 90.6 cm³/mol. The van der Waals surface area contributed by atoms with Gasteiger partial charge in [-0.25, -0.2) is 15.0 Å². The number of fused-ring (bicyclic) bond motifs is 1. The second-order valence-corrected chi connectivity index (χ2v) is 7.09. The van der Waals surface area contributed by atoms with Crippen LogP contribution in [-0.4, -0.2) is 21.5 Å². The lowest BCUT2D eigenvalue weighted by atomic mass is 10.3. The van der Waals surface area contributed by atoms with Crippen molar-refractivity contribution in [2.24, 2.45) is 0 Å². The zero-order valence-corrected chi connectivity index (χ0v) is 14.1. The molecule has 21 heavy (non-hydrogen) atoms. The molecule has 0 fully saturated rings. The monoisotopic (exact) mass is 318 g/mol. The van der Waals surface area contributed by atoms with Gasteiger partial charge in [0.1, 0.15) is 16.5 Å². The number of thiazole rings is 1. The molecule has 1 N–H and O–H groups in total. The van der Waals surface area contributed by atoms with Crippen molar-refractivity contribution in [3.05, 3.63) is 32.8 Å². The molecule has 0 saturated carbocycles. The van der Waals surface area contributed by atoms with Crippen LogP contribution in [0.15, 0.2) is 11.4 Å². The number of nitrogens with one attached hydrogen (secondary N) is 1. The van der Waals surface area contributed by atoms with Crippen molar-refractivity contribution in [2.75, 3.05) is 11.9 Å². The summed E-state index contributed by atoms with van der Waals surface area (Å²) in [4.78, 5) is 16.1. The van der Waals surface area contributed by atoms with Gasteiger partial charge >= 0.3 is 0 Å². The molecule has 0 atom stereocenters. The summed E-state index contributed by atoms with van der Waals surface area (Å²) in [6, 6.07) is 2.08. The number of rotatable bonds is 5. The molecule has 6 heteroatoms. The van der Waals surface area contributed by atoms with Gasteiger partial charge in [0, 0.05) is 24.3 Å². The molecular weight excluding hydrogens is 300 g/mol.